The largest absolute Gasteiger partial charge is 0.387 e. The quantitative estimate of drug-likeness (QED) is 0.858. The van der Waals surface area contributed by atoms with Crippen LogP contribution in [0.2, 0.25) is 5.02 Å². The van der Waals surface area contributed by atoms with Crippen molar-refractivity contribution >= 4 is 38.9 Å². The van der Waals surface area contributed by atoms with E-state index in [2.05, 4.69) is 15.9 Å². The predicted molar refractivity (Wildman–Crippen MR) is 80.2 cm³/mol. The van der Waals surface area contributed by atoms with Crippen LogP contribution in [0, 0.1) is 5.82 Å². The summed E-state index contributed by atoms with van der Waals surface area (Å²) < 4.78 is 13.9. The van der Waals surface area contributed by atoms with Crippen molar-refractivity contribution in [1.82, 2.24) is 0 Å². The fraction of sp³-hybridized carbons (Fsp3) is 0.231. The fourth-order valence-corrected chi connectivity index (χ4v) is 3.89. The summed E-state index contributed by atoms with van der Waals surface area (Å²) in [5.41, 5.74) is 6.40. The fourth-order valence-electron chi connectivity index (χ4n) is 1.93. The van der Waals surface area contributed by atoms with E-state index < -0.39 is 11.9 Å². The Balaban J connectivity index is 2.37. The molecule has 1 heterocycles. The second-order valence-electron chi connectivity index (χ2n) is 4.09. The monoisotopic (exact) mass is 363 g/mol. The molecule has 0 bridgehead atoms. The molecule has 6 heteroatoms. The number of rotatable bonds is 4. The summed E-state index contributed by atoms with van der Waals surface area (Å²) in [6, 6.07) is 5.98. The molecule has 0 spiro atoms. The lowest BCUT2D eigenvalue weighted by molar-refractivity contribution is 0.150. The van der Waals surface area contributed by atoms with Crippen LogP contribution in [0.3, 0.4) is 0 Å². The van der Waals surface area contributed by atoms with Crippen molar-refractivity contribution in [2.45, 2.75) is 12.0 Å². The van der Waals surface area contributed by atoms with Gasteiger partial charge in [-0.15, -0.1) is 11.3 Å². The molecule has 2 atom stereocenters. The Kier molecular flexibility index (Phi) is 4.97. The van der Waals surface area contributed by atoms with Crippen LogP contribution in [0.1, 0.15) is 22.5 Å². The molecular formula is C13H12BrClFNOS. The van der Waals surface area contributed by atoms with Gasteiger partial charge in [0.2, 0.25) is 0 Å². The summed E-state index contributed by atoms with van der Waals surface area (Å²) >= 11 is 10.9. The van der Waals surface area contributed by atoms with Crippen LogP contribution in [0.15, 0.2) is 34.1 Å². The molecule has 0 saturated carbocycles. The SMILES string of the molecule is NCC(c1ccc(F)cc1Cl)C(O)c1sccc1Br. The van der Waals surface area contributed by atoms with Gasteiger partial charge >= 0.3 is 0 Å². The molecular weight excluding hydrogens is 353 g/mol. The second-order valence-corrected chi connectivity index (χ2v) is 6.29. The van der Waals surface area contributed by atoms with Gasteiger partial charge < -0.3 is 10.8 Å². The zero-order chi connectivity index (χ0) is 14.0. The molecule has 0 saturated heterocycles. The molecule has 0 aliphatic rings. The van der Waals surface area contributed by atoms with E-state index in [1.54, 1.807) is 6.07 Å². The first kappa shape index (κ1) is 14.9. The molecule has 0 radical (unpaired) electrons. The summed E-state index contributed by atoms with van der Waals surface area (Å²) in [6.45, 7) is 0.219. The van der Waals surface area contributed by atoms with Gasteiger partial charge in [-0.25, -0.2) is 4.39 Å². The molecule has 19 heavy (non-hydrogen) atoms. The van der Waals surface area contributed by atoms with Crippen molar-refractivity contribution in [2.24, 2.45) is 5.73 Å². The van der Waals surface area contributed by atoms with Crippen molar-refractivity contribution in [3.63, 3.8) is 0 Å². The topological polar surface area (TPSA) is 46.2 Å². The number of benzene rings is 1. The average molecular weight is 365 g/mol. The Labute approximate surface area is 128 Å². The zero-order valence-electron chi connectivity index (χ0n) is 9.82. The highest BCUT2D eigenvalue weighted by atomic mass is 79.9. The van der Waals surface area contributed by atoms with Gasteiger partial charge in [0.05, 0.1) is 6.10 Å². The number of halogens is 3. The number of thiophene rings is 1. The first-order valence-corrected chi connectivity index (χ1v) is 7.65. The normalized spacial score (nSPS) is 14.4. The van der Waals surface area contributed by atoms with E-state index in [9.17, 15) is 9.50 Å². The maximum absolute atomic E-state index is 13.1. The van der Waals surface area contributed by atoms with Crippen molar-refractivity contribution in [1.29, 1.82) is 0 Å². The predicted octanol–water partition coefficient (Wildman–Crippen LogP) is 4.08. The molecule has 0 amide bonds. The number of aliphatic hydroxyl groups excluding tert-OH is 1. The molecule has 2 nitrogen and oxygen atoms in total. The molecule has 0 aliphatic carbocycles. The van der Waals surface area contributed by atoms with E-state index in [0.717, 1.165) is 9.35 Å². The third kappa shape index (κ3) is 3.17. The van der Waals surface area contributed by atoms with Crippen LogP contribution < -0.4 is 5.73 Å². The van der Waals surface area contributed by atoms with Gasteiger partial charge in [-0.1, -0.05) is 17.7 Å². The highest BCUT2D eigenvalue weighted by Gasteiger charge is 2.26. The van der Waals surface area contributed by atoms with Crippen LogP contribution >= 0.6 is 38.9 Å². The molecule has 102 valence electrons. The van der Waals surface area contributed by atoms with Crippen LogP contribution in [-0.2, 0) is 0 Å². The van der Waals surface area contributed by atoms with Crippen molar-refractivity contribution in [3.05, 3.63) is 55.4 Å². The highest BCUT2D eigenvalue weighted by Crippen LogP contribution is 2.39. The third-order valence-corrected chi connectivity index (χ3v) is 5.18. The number of hydrogen-bond donors (Lipinski definition) is 2. The van der Waals surface area contributed by atoms with E-state index >= 15 is 0 Å². The molecule has 2 rings (SSSR count). The summed E-state index contributed by atoms with van der Waals surface area (Å²) in [5, 5.41) is 12.6. The first-order valence-electron chi connectivity index (χ1n) is 5.60. The molecule has 2 unspecified atom stereocenters. The van der Waals surface area contributed by atoms with Crippen LogP contribution in [-0.4, -0.2) is 11.7 Å². The third-order valence-electron chi connectivity index (χ3n) is 2.91. The lowest BCUT2D eigenvalue weighted by Crippen LogP contribution is -2.20. The number of aliphatic hydroxyl groups is 1. The van der Waals surface area contributed by atoms with Gasteiger partial charge in [-0.2, -0.15) is 0 Å². The van der Waals surface area contributed by atoms with Gasteiger partial charge in [0.1, 0.15) is 5.82 Å². The average Bonchev–Trinajstić information content (AvgIpc) is 2.78. The molecule has 0 fully saturated rings. The van der Waals surface area contributed by atoms with Gasteiger partial charge in [0, 0.05) is 26.8 Å². The standard InChI is InChI=1S/C13H12BrClFNOS/c14-10-3-4-19-13(10)12(18)9(6-17)8-2-1-7(16)5-11(8)15/h1-5,9,12,18H,6,17H2. The number of nitrogens with two attached hydrogens (primary N) is 1. The van der Waals surface area contributed by atoms with E-state index in [0.29, 0.717) is 5.56 Å². The van der Waals surface area contributed by atoms with Crippen LogP contribution in [0.4, 0.5) is 4.39 Å². The van der Waals surface area contributed by atoms with Gasteiger partial charge in [-0.3, -0.25) is 0 Å². The van der Waals surface area contributed by atoms with Crippen molar-refractivity contribution < 1.29 is 9.50 Å². The Morgan fingerprint density at radius 1 is 1.42 bits per heavy atom. The Morgan fingerprint density at radius 3 is 2.68 bits per heavy atom. The molecule has 1 aromatic carbocycles. The van der Waals surface area contributed by atoms with Crippen LogP contribution in [0.5, 0.6) is 0 Å². The van der Waals surface area contributed by atoms with E-state index in [-0.39, 0.29) is 17.5 Å². The Hall–Kier alpha value is -0.460. The molecule has 2 aromatic rings. The van der Waals surface area contributed by atoms with Crippen molar-refractivity contribution in [2.75, 3.05) is 6.54 Å². The lowest BCUT2D eigenvalue weighted by atomic mass is 9.92. The zero-order valence-corrected chi connectivity index (χ0v) is 13.0. The Morgan fingerprint density at radius 2 is 2.16 bits per heavy atom. The number of hydrogen-bond acceptors (Lipinski definition) is 3. The highest BCUT2D eigenvalue weighted by molar-refractivity contribution is 9.10. The van der Waals surface area contributed by atoms with E-state index in [1.807, 2.05) is 11.4 Å². The maximum Gasteiger partial charge on any atom is 0.124 e. The van der Waals surface area contributed by atoms with Crippen molar-refractivity contribution in [3.8, 4) is 0 Å². The van der Waals surface area contributed by atoms with Gasteiger partial charge in [0.15, 0.2) is 0 Å². The minimum absolute atomic E-state index is 0.219. The molecule has 1 aromatic heterocycles. The van der Waals surface area contributed by atoms with Gasteiger partial charge in [0.25, 0.3) is 0 Å². The van der Waals surface area contributed by atoms with E-state index in [1.165, 1.54) is 23.5 Å². The smallest absolute Gasteiger partial charge is 0.124 e. The van der Waals surface area contributed by atoms with Gasteiger partial charge in [-0.05, 0) is 45.1 Å². The molecule has 0 aliphatic heterocycles. The first-order chi connectivity index (χ1) is 9.04. The lowest BCUT2D eigenvalue weighted by Gasteiger charge is -2.22. The summed E-state index contributed by atoms with van der Waals surface area (Å²) in [4.78, 5) is 0.788. The summed E-state index contributed by atoms with van der Waals surface area (Å²) in [6.07, 6.45) is -0.776. The Bertz CT molecular complexity index is 578. The summed E-state index contributed by atoms with van der Waals surface area (Å²) in [7, 11) is 0. The van der Waals surface area contributed by atoms with E-state index in [4.69, 9.17) is 17.3 Å². The minimum atomic E-state index is -0.776. The van der Waals surface area contributed by atoms with Crippen LogP contribution in [0.25, 0.3) is 0 Å². The minimum Gasteiger partial charge on any atom is -0.387 e. The second kappa shape index (κ2) is 6.33. The molecule has 3 N–H and O–H groups in total. The maximum atomic E-state index is 13.1. The summed E-state index contributed by atoms with van der Waals surface area (Å²) in [5.74, 6) is -0.778.